The monoisotopic (exact) mass is 542 g/mol. The van der Waals surface area contributed by atoms with Crippen LogP contribution in [0.1, 0.15) is 74.9 Å². The highest BCUT2D eigenvalue weighted by Crippen LogP contribution is 2.39. The summed E-state index contributed by atoms with van der Waals surface area (Å²) in [6.45, 7) is 5.95. The molecule has 6 rings (SSSR count). The molecule has 2 atom stereocenters. The molecule has 2 unspecified atom stereocenters. The van der Waals surface area contributed by atoms with Crippen molar-refractivity contribution in [2.24, 2.45) is 5.92 Å². The van der Waals surface area contributed by atoms with Gasteiger partial charge >= 0.3 is 0 Å². The molecule has 1 saturated carbocycles. The first-order chi connectivity index (χ1) is 17.8. The lowest BCUT2D eigenvalue weighted by Crippen LogP contribution is -2.19. The summed E-state index contributed by atoms with van der Waals surface area (Å²) in [7, 11) is -3.19. The van der Waals surface area contributed by atoms with Gasteiger partial charge in [0.25, 0.3) is 0 Å². The SMILES string of the molecule is CC1(C)OCC(c2csc(-c3ccc(C(CC4CCOCC4)c4ccc(S(=O)(=O)C5CC5)cc4)[nH]3)n2)O1. The second-order valence-corrected chi connectivity index (χ2v) is 14.0. The number of hydrogen-bond acceptors (Lipinski definition) is 7. The van der Waals surface area contributed by atoms with Gasteiger partial charge in [0, 0.05) is 30.2 Å². The largest absolute Gasteiger partial charge is 0.381 e. The normalized spacial score (nSPS) is 23.4. The van der Waals surface area contributed by atoms with Gasteiger partial charge in [0.15, 0.2) is 15.6 Å². The van der Waals surface area contributed by atoms with Crippen molar-refractivity contribution in [1.29, 1.82) is 0 Å². The van der Waals surface area contributed by atoms with Crippen molar-refractivity contribution in [3.8, 4) is 10.7 Å². The summed E-state index contributed by atoms with van der Waals surface area (Å²) in [5.74, 6) is 0.120. The fourth-order valence-electron chi connectivity index (χ4n) is 5.35. The molecule has 0 amide bonds. The Morgan fingerprint density at radius 3 is 2.51 bits per heavy atom. The molecule has 7 nitrogen and oxygen atoms in total. The molecule has 2 aliphatic heterocycles. The minimum atomic E-state index is -3.19. The fourth-order valence-corrected chi connectivity index (χ4v) is 7.85. The predicted octanol–water partition coefficient (Wildman–Crippen LogP) is 5.85. The van der Waals surface area contributed by atoms with Crippen molar-refractivity contribution in [3.63, 3.8) is 0 Å². The van der Waals surface area contributed by atoms with Gasteiger partial charge in [-0.3, -0.25) is 0 Å². The zero-order valence-corrected chi connectivity index (χ0v) is 22.9. The van der Waals surface area contributed by atoms with Gasteiger partial charge in [-0.05, 0) is 81.7 Å². The van der Waals surface area contributed by atoms with E-state index < -0.39 is 15.6 Å². The maximum atomic E-state index is 12.7. The molecule has 1 aromatic carbocycles. The molecule has 3 aliphatic rings. The van der Waals surface area contributed by atoms with Crippen LogP contribution in [0.25, 0.3) is 10.7 Å². The highest BCUT2D eigenvalue weighted by atomic mass is 32.2. The standard InChI is InChI=1S/C28H34N2O5S2/c1-28(2)34-16-26(35-28)25-17-36-27(30-25)24-10-9-23(29-24)22(15-18-11-13-33-14-12-18)19-3-5-20(6-4-19)37(31,32)21-7-8-21/h3-6,9-10,17-18,21-22,26,29H,7-8,11-16H2,1-2H3. The van der Waals surface area contributed by atoms with E-state index in [4.69, 9.17) is 19.2 Å². The molecule has 1 aliphatic carbocycles. The Balaban J connectivity index is 1.26. The smallest absolute Gasteiger partial charge is 0.181 e. The number of ether oxygens (including phenoxy) is 3. The van der Waals surface area contributed by atoms with Gasteiger partial charge in [0.05, 0.1) is 28.1 Å². The average molecular weight is 543 g/mol. The molecule has 3 fully saturated rings. The molecule has 0 spiro atoms. The molecule has 37 heavy (non-hydrogen) atoms. The number of rotatable bonds is 8. The number of sulfone groups is 1. The van der Waals surface area contributed by atoms with Gasteiger partial charge in [-0.2, -0.15) is 0 Å². The van der Waals surface area contributed by atoms with Crippen molar-refractivity contribution in [2.75, 3.05) is 19.8 Å². The number of aromatic nitrogens is 2. The summed E-state index contributed by atoms with van der Waals surface area (Å²) in [5.41, 5.74) is 4.13. The maximum Gasteiger partial charge on any atom is 0.181 e. The van der Waals surface area contributed by atoms with E-state index >= 15 is 0 Å². The highest BCUT2D eigenvalue weighted by molar-refractivity contribution is 7.92. The molecule has 2 aromatic heterocycles. The first kappa shape index (κ1) is 25.2. The van der Waals surface area contributed by atoms with E-state index in [-0.39, 0.29) is 17.3 Å². The van der Waals surface area contributed by atoms with Crippen LogP contribution in [0.3, 0.4) is 0 Å². The first-order valence-corrected chi connectivity index (χ1v) is 15.6. The number of H-pyrrole nitrogens is 1. The lowest BCUT2D eigenvalue weighted by atomic mass is 9.83. The molecule has 1 N–H and O–H groups in total. The molecule has 198 valence electrons. The minimum Gasteiger partial charge on any atom is -0.381 e. The number of nitrogens with one attached hydrogen (secondary N) is 1. The Labute approximate surface area is 222 Å². The highest BCUT2D eigenvalue weighted by Gasteiger charge is 2.37. The third-order valence-electron chi connectivity index (χ3n) is 7.66. The van der Waals surface area contributed by atoms with Crippen molar-refractivity contribution in [3.05, 3.63) is 58.7 Å². The number of thiazole rings is 1. The molecule has 3 aromatic rings. The second kappa shape index (κ2) is 9.93. The summed E-state index contributed by atoms with van der Waals surface area (Å²) < 4.78 is 42.7. The fraction of sp³-hybridized carbons (Fsp3) is 0.536. The van der Waals surface area contributed by atoms with Crippen LogP contribution in [0.2, 0.25) is 0 Å². The molecule has 0 radical (unpaired) electrons. The van der Waals surface area contributed by atoms with E-state index in [2.05, 4.69) is 17.1 Å². The third-order valence-corrected chi connectivity index (χ3v) is 10.8. The first-order valence-electron chi connectivity index (χ1n) is 13.2. The van der Waals surface area contributed by atoms with Crippen LogP contribution in [-0.2, 0) is 24.0 Å². The number of hydrogen-bond donors (Lipinski definition) is 1. The zero-order chi connectivity index (χ0) is 25.6. The third kappa shape index (κ3) is 5.43. The molecule has 9 heteroatoms. The van der Waals surface area contributed by atoms with E-state index in [1.807, 2.05) is 31.4 Å². The second-order valence-electron chi connectivity index (χ2n) is 10.9. The molecular weight excluding hydrogens is 508 g/mol. The van der Waals surface area contributed by atoms with Gasteiger partial charge in [0.1, 0.15) is 11.1 Å². The van der Waals surface area contributed by atoms with E-state index in [0.29, 0.717) is 17.4 Å². The van der Waals surface area contributed by atoms with Gasteiger partial charge in [0.2, 0.25) is 0 Å². The van der Waals surface area contributed by atoms with Crippen molar-refractivity contribution in [1.82, 2.24) is 9.97 Å². The summed E-state index contributed by atoms with van der Waals surface area (Å²) in [4.78, 5) is 8.92. The van der Waals surface area contributed by atoms with Gasteiger partial charge in [-0.15, -0.1) is 11.3 Å². The summed E-state index contributed by atoms with van der Waals surface area (Å²) >= 11 is 1.60. The average Bonchev–Trinajstić information content (AvgIpc) is 3.29. The summed E-state index contributed by atoms with van der Waals surface area (Å²) in [5, 5.41) is 2.77. The number of aromatic amines is 1. The van der Waals surface area contributed by atoms with E-state index in [1.54, 1.807) is 23.5 Å². The minimum absolute atomic E-state index is 0.140. The Morgan fingerprint density at radius 2 is 1.84 bits per heavy atom. The van der Waals surface area contributed by atoms with E-state index in [0.717, 1.165) is 73.0 Å². The number of nitrogens with zero attached hydrogens (tertiary/aromatic N) is 1. The van der Waals surface area contributed by atoms with Gasteiger partial charge in [-0.25, -0.2) is 13.4 Å². The maximum absolute atomic E-state index is 12.7. The van der Waals surface area contributed by atoms with Crippen molar-refractivity contribution >= 4 is 21.2 Å². The Morgan fingerprint density at radius 1 is 1.08 bits per heavy atom. The van der Waals surface area contributed by atoms with Crippen LogP contribution in [-0.4, -0.2) is 49.2 Å². The van der Waals surface area contributed by atoms with E-state index in [1.165, 1.54) is 0 Å². The zero-order valence-electron chi connectivity index (χ0n) is 21.3. The Kier molecular flexibility index (Phi) is 6.77. The van der Waals surface area contributed by atoms with Crippen LogP contribution in [0, 0.1) is 5.92 Å². The van der Waals surface area contributed by atoms with Crippen LogP contribution in [0.15, 0.2) is 46.7 Å². The van der Waals surface area contributed by atoms with Gasteiger partial charge < -0.3 is 19.2 Å². The van der Waals surface area contributed by atoms with Crippen LogP contribution in [0.5, 0.6) is 0 Å². The Bertz CT molecular complexity index is 1330. The number of benzene rings is 1. The van der Waals surface area contributed by atoms with Crippen molar-refractivity contribution < 1.29 is 22.6 Å². The summed E-state index contributed by atoms with van der Waals surface area (Å²) in [6, 6.07) is 11.8. The molecular formula is C28H34N2O5S2. The van der Waals surface area contributed by atoms with E-state index in [9.17, 15) is 8.42 Å². The lowest BCUT2D eigenvalue weighted by molar-refractivity contribution is -0.139. The Hall–Kier alpha value is -2.04. The molecule has 2 saturated heterocycles. The van der Waals surface area contributed by atoms with Crippen molar-refractivity contribution in [2.45, 2.75) is 73.9 Å². The predicted molar refractivity (Wildman–Crippen MR) is 142 cm³/mol. The van der Waals surface area contributed by atoms with Gasteiger partial charge in [-0.1, -0.05) is 12.1 Å². The van der Waals surface area contributed by atoms with Crippen LogP contribution < -0.4 is 0 Å². The quantitative estimate of drug-likeness (QED) is 0.384. The van der Waals surface area contributed by atoms with Crippen LogP contribution >= 0.6 is 11.3 Å². The molecule has 4 heterocycles. The summed E-state index contributed by atoms with van der Waals surface area (Å²) in [6.07, 6.45) is 4.49. The topological polar surface area (TPSA) is 90.5 Å². The lowest BCUT2D eigenvalue weighted by Gasteiger charge is -2.27. The van der Waals surface area contributed by atoms with Crippen LogP contribution in [0.4, 0.5) is 0 Å². The molecule has 0 bridgehead atoms.